The summed E-state index contributed by atoms with van der Waals surface area (Å²) in [5.74, 6) is 1.08. The standard InChI is InChI=1S/C26H31BN2O6/c1-25(2)26(3,4)35-27(34-25)16-5-8-20-15(11-16)14-32-23-21(20)9-10-22(28-23)33-19-12-17-6-7-18(13-19)29(17)24(30)31/h5,8-11,17-19H,6-7,12-14H2,1-4H3,(H,30,31)/t17-,18+,19?. The molecule has 3 saturated heterocycles. The zero-order valence-electron chi connectivity index (χ0n) is 20.6. The van der Waals surface area contributed by atoms with Crippen LogP contribution in [-0.2, 0) is 15.9 Å². The van der Waals surface area contributed by atoms with E-state index in [1.165, 1.54) is 0 Å². The second-order valence-corrected chi connectivity index (χ2v) is 11.1. The van der Waals surface area contributed by atoms with Crippen molar-refractivity contribution in [2.24, 2.45) is 0 Å². The lowest BCUT2D eigenvalue weighted by atomic mass is 9.77. The number of hydrogen-bond acceptors (Lipinski definition) is 6. The number of fused-ring (bicyclic) bond motifs is 5. The van der Waals surface area contributed by atoms with Gasteiger partial charge in [0, 0.05) is 36.6 Å². The van der Waals surface area contributed by atoms with Crippen molar-refractivity contribution in [2.45, 2.75) is 89.4 Å². The molecule has 3 atom stereocenters. The van der Waals surface area contributed by atoms with E-state index in [0.29, 0.717) is 31.2 Å². The van der Waals surface area contributed by atoms with E-state index in [2.05, 4.69) is 44.8 Å². The van der Waals surface area contributed by atoms with Crippen LogP contribution in [0.25, 0.3) is 11.1 Å². The first kappa shape index (κ1) is 22.7. The zero-order chi connectivity index (χ0) is 24.5. The molecule has 6 rings (SSSR count). The lowest BCUT2D eigenvalue weighted by molar-refractivity contribution is 0.00578. The number of benzene rings is 1. The van der Waals surface area contributed by atoms with Crippen molar-refractivity contribution >= 4 is 18.7 Å². The predicted octanol–water partition coefficient (Wildman–Crippen LogP) is 3.99. The molecule has 2 bridgehead atoms. The van der Waals surface area contributed by atoms with Crippen LogP contribution in [0.15, 0.2) is 30.3 Å². The van der Waals surface area contributed by atoms with Gasteiger partial charge in [-0.1, -0.05) is 18.2 Å². The van der Waals surface area contributed by atoms with E-state index in [4.69, 9.17) is 18.8 Å². The summed E-state index contributed by atoms with van der Waals surface area (Å²) in [6.07, 6.45) is 2.35. The summed E-state index contributed by atoms with van der Waals surface area (Å²) in [4.78, 5) is 17.8. The molecule has 1 aromatic carbocycles. The summed E-state index contributed by atoms with van der Waals surface area (Å²) in [6.45, 7) is 8.62. The fourth-order valence-corrected chi connectivity index (χ4v) is 5.78. The highest BCUT2D eigenvalue weighted by Gasteiger charge is 2.52. The maximum atomic E-state index is 11.5. The van der Waals surface area contributed by atoms with Gasteiger partial charge in [-0.3, -0.25) is 0 Å². The van der Waals surface area contributed by atoms with Gasteiger partial charge in [0.2, 0.25) is 11.8 Å². The van der Waals surface area contributed by atoms with E-state index in [1.54, 1.807) is 4.90 Å². The fraction of sp³-hybridized carbons (Fsp3) is 0.538. The first-order chi connectivity index (χ1) is 16.6. The van der Waals surface area contributed by atoms with Gasteiger partial charge in [-0.05, 0) is 63.2 Å². The molecule has 4 aliphatic rings. The molecule has 8 nitrogen and oxygen atoms in total. The molecule has 1 aromatic heterocycles. The van der Waals surface area contributed by atoms with E-state index < -0.39 is 13.2 Å². The lowest BCUT2D eigenvalue weighted by Gasteiger charge is -2.36. The van der Waals surface area contributed by atoms with Crippen molar-refractivity contribution in [1.82, 2.24) is 9.88 Å². The average molecular weight is 478 g/mol. The number of carboxylic acid groups (broad SMARTS) is 1. The normalized spacial score (nSPS) is 27.7. The molecule has 0 saturated carbocycles. The summed E-state index contributed by atoms with van der Waals surface area (Å²) in [5, 5.41) is 9.47. The smallest absolute Gasteiger partial charge is 0.474 e. The summed E-state index contributed by atoms with van der Waals surface area (Å²) < 4.78 is 24.6. The van der Waals surface area contributed by atoms with Crippen LogP contribution in [0.5, 0.6) is 11.8 Å². The molecule has 3 fully saturated rings. The highest BCUT2D eigenvalue weighted by atomic mass is 16.7. The van der Waals surface area contributed by atoms with Gasteiger partial charge in [0.05, 0.1) is 11.2 Å². The maximum absolute atomic E-state index is 11.5. The summed E-state index contributed by atoms with van der Waals surface area (Å²) in [5.41, 5.74) is 3.28. The molecule has 0 spiro atoms. The molecule has 4 aliphatic heterocycles. The Bertz CT molecular complexity index is 1150. The number of carbonyl (C=O) groups is 1. The molecule has 5 heterocycles. The molecule has 2 aromatic rings. The third kappa shape index (κ3) is 3.76. The molecule has 0 radical (unpaired) electrons. The highest BCUT2D eigenvalue weighted by molar-refractivity contribution is 6.62. The summed E-state index contributed by atoms with van der Waals surface area (Å²) in [6, 6.07) is 10.2. The summed E-state index contributed by atoms with van der Waals surface area (Å²) in [7, 11) is -0.413. The minimum atomic E-state index is -0.823. The van der Waals surface area contributed by atoms with Gasteiger partial charge in [-0.15, -0.1) is 0 Å². The monoisotopic (exact) mass is 478 g/mol. The molecule has 0 aliphatic carbocycles. The fourth-order valence-electron chi connectivity index (χ4n) is 5.78. The number of nitrogens with zero attached hydrogens (tertiary/aromatic N) is 2. The van der Waals surface area contributed by atoms with E-state index in [-0.39, 0.29) is 29.4 Å². The van der Waals surface area contributed by atoms with Gasteiger partial charge in [0.15, 0.2) is 0 Å². The van der Waals surface area contributed by atoms with Gasteiger partial charge >= 0.3 is 13.2 Å². The van der Waals surface area contributed by atoms with Gasteiger partial charge in [0.25, 0.3) is 0 Å². The molecule has 35 heavy (non-hydrogen) atoms. The van der Waals surface area contributed by atoms with Crippen LogP contribution in [0.3, 0.4) is 0 Å². The number of piperidine rings is 1. The van der Waals surface area contributed by atoms with Crippen molar-refractivity contribution in [2.75, 3.05) is 0 Å². The van der Waals surface area contributed by atoms with Gasteiger partial charge < -0.3 is 28.8 Å². The second-order valence-electron chi connectivity index (χ2n) is 11.1. The number of ether oxygens (including phenoxy) is 2. The number of aromatic nitrogens is 1. The van der Waals surface area contributed by atoms with E-state index in [9.17, 15) is 9.90 Å². The third-order valence-corrected chi connectivity index (χ3v) is 8.34. The first-order valence-electron chi connectivity index (χ1n) is 12.4. The van der Waals surface area contributed by atoms with Crippen LogP contribution in [-0.4, -0.2) is 57.6 Å². The Morgan fingerprint density at radius 2 is 1.71 bits per heavy atom. The Kier molecular flexibility index (Phi) is 5.09. The van der Waals surface area contributed by atoms with Crippen LogP contribution >= 0.6 is 0 Å². The molecule has 1 amide bonds. The summed E-state index contributed by atoms with van der Waals surface area (Å²) >= 11 is 0. The molecule has 184 valence electrons. The number of pyridine rings is 1. The number of amides is 1. The Balaban J connectivity index is 1.19. The van der Waals surface area contributed by atoms with E-state index >= 15 is 0 Å². The topological polar surface area (TPSA) is 90.4 Å². The molecular formula is C26H31BN2O6. The van der Waals surface area contributed by atoms with Crippen LogP contribution in [0.4, 0.5) is 4.79 Å². The number of rotatable bonds is 3. The quantitative estimate of drug-likeness (QED) is 0.668. The van der Waals surface area contributed by atoms with Crippen LogP contribution in [0.1, 0.15) is 58.9 Å². The minimum absolute atomic E-state index is 0.0352. The lowest BCUT2D eigenvalue weighted by Crippen LogP contribution is -2.48. The van der Waals surface area contributed by atoms with Crippen molar-refractivity contribution in [3.05, 3.63) is 35.9 Å². The molecular weight excluding hydrogens is 447 g/mol. The first-order valence-corrected chi connectivity index (χ1v) is 12.4. The van der Waals surface area contributed by atoms with Crippen molar-refractivity contribution in [3.63, 3.8) is 0 Å². The van der Waals surface area contributed by atoms with Crippen LogP contribution in [0, 0.1) is 0 Å². The Morgan fingerprint density at radius 1 is 1.06 bits per heavy atom. The molecule has 1 unspecified atom stereocenters. The second kappa shape index (κ2) is 7.86. The van der Waals surface area contributed by atoms with Gasteiger partial charge in [0.1, 0.15) is 12.7 Å². The Labute approximate surface area is 205 Å². The SMILES string of the molecule is CC1(C)OB(c2ccc3c(c2)COc2nc(OC4C[C@H]5CC[C@@H](C4)N5C(=O)O)ccc2-3)OC1(C)C. The molecule has 9 heteroatoms. The van der Waals surface area contributed by atoms with Crippen molar-refractivity contribution in [1.29, 1.82) is 0 Å². The van der Waals surface area contributed by atoms with Crippen LogP contribution in [0.2, 0.25) is 0 Å². The zero-order valence-corrected chi connectivity index (χ0v) is 20.6. The highest BCUT2D eigenvalue weighted by Crippen LogP contribution is 2.41. The van der Waals surface area contributed by atoms with Gasteiger partial charge in [-0.25, -0.2) is 4.79 Å². The predicted molar refractivity (Wildman–Crippen MR) is 130 cm³/mol. The molecule has 1 N–H and O–H groups in total. The number of hydrogen-bond donors (Lipinski definition) is 1. The maximum Gasteiger partial charge on any atom is 0.494 e. The Hall–Kier alpha value is -2.78. The average Bonchev–Trinajstić information content (AvgIpc) is 3.21. The van der Waals surface area contributed by atoms with Crippen molar-refractivity contribution in [3.8, 4) is 22.9 Å². The largest absolute Gasteiger partial charge is 0.494 e. The van der Waals surface area contributed by atoms with E-state index in [0.717, 1.165) is 35.0 Å². The third-order valence-electron chi connectivity index (χ3n) is 8.34. The van der Waals surface area contributed by atoms with E-state index in [1.807, 2.05) is 18.2 Å². The minimum Gasteiger partial charge on any atom is -0.474 e. The van der Waals surface area contributed by atoms with Gasteiger partial charge in [-0.2, -0.15) is 4.98 Å². The van der Waals surface area contributed by atoms with Crippen LogP contribution < -0.4 is 14.9 Å². The van der Waals surface area contributed by atoms with Crippen molar-refractivity contribution < 1.29 is 28.7 Å². The Morgan fingerprint density at radius 3 is 2.37 bits per heavy atom.